The molecule has 0 aromatic heterocycles. The molecular weight excluding hydrogens is 282 g/mol. The molecule has 1 saturated carbocycles. The third-order valence-corrected chi connectivity index (χ3v) is 5.40. The molecule has 3 rings (SSSR count). The molecule has 0 bridgehead atoms. The van der Waals surface area contributed by atoms with E-state index >= 15 is 0 Å². The molecule has 1 aromatic rings. The largest absolute Gasteiger partial charge is 0.493 e. The minimum Gasteiger partial charge on any atom is -0.493 e. The molecule has 21 heavy (non-hydrogen) atoms. The van der Waals surface area contributed by atoms with Gasteiger partial charge in [0.15, 0.2) is 0 Å². The van der Waals surface area contributed by atoms with Crippen LogP contribution in [0.1, 0.15) is 44.7 Å². The van der Waals surface area contributed by atoms with Crippen LogP contribution in [0.15, 0.2) is 12.1 Å². The van der Waals surface area contributed by atoms with Crippen molar-refractivity contribution >= 4 is 11.6 Å². The van der Waals surface area contributed by atoms with Crippen LogP contribution in [0, 0.1) is 11.3 Å². The predicted octanol–water partition coefficient (Wildman–Crippen LogP) is 4.23. The highest BCUT2D eigenvalue weighted by molar-refractivity contribution is 6.30. The summed E-state index contributed by atoms with van der Waals surface area (Å²) in [5, 5.41) is 4.55. The van der Waals surface area contributed by atoms with Crippen molar-refractivity contribution in [3.8, 4) is 5.75 Å². The molecule has 1 atom stereocenters. The van der Waals surface area contributed by atoms with Crippen molar-refractivity contribution in [3.05, 3.63) is 28.3 Å². The van der Waals surface area contributed by atoms with Crippen LogP contribution >= 0.6 is 11.6 Å². The van der Waals surface area contributed by atoms with Crippen LogP contribution < -0.4 is 10.1 Å². The van der Waals surface area contributed by atoms with E-state index in [1.807, 2.05) is 0 Å². The third kappa shape index (κ3) is 3.37. The molecule has 3 heteroatoms. The zero-order chi connectivity index (χ0) is 15.0. The molecule has 1 aliphatic carbocycles. The SMILES string of the molecule is CC(C)C(C)(CNC1CC1)Cc1cc(Cl)cc2c1OCC2. The Morgan fingerprint density at radius 2 is 2.14 bits per heavy atom. The average molecular weight is 308 g/mol. The lowest BCUT2D eigenvalue weighted by atomic mass is 9.74. The monoisotopic (exact) mass is 307 g/mol. The van der Waals surface area contributed by atoms with Gasteiger partial charge in [0.1, 0.15) is 5.75 Å². The fraction of sp³-hybridized carbons (Fsp3) is 0.667. The van der Waals surface area contributed by atoms with Gasteiger partial charge in [-0.05, 0) is 53.9 Å². The van der Waals surface area contributed by atoms with Gasteiger partial charge in [-0.1, -0.05) is 32.4 Å². The fourth-order valence-corrected chi connectivity index (χ4v) is 3.31. The molecule has 0 spiro atoms. The van der Waals surface area contributed by atoms with Crippen molar-refractivity contribution in [3.63, 3.8) is 0 Å². The number of halogens is 1. The van der Waals surface area contributed by atoms with Crippen molar-refractivity contribution in [2.45, 2.75) is 52.5 Å². The normalized spacial score (nSPS) is 20.2. The summed E-state index contributed by atoms with van der Waals surface area (Å²) in [5.74, 6) is 1.71. The van der Waals surface area contributed by atoms with Crippen molar-refractivity contribution < 1.29 is 4.74 Å². The number of fused-ring (bicyclic) bond motifs is 1. The molecule has 1 heterocycles. The highest BCUT2D eigenvalue weighted by Crippen LogP contribution is 2.39. The summed E-state index contributed by atoms with van der Waals surface area (Å²) >= 11 is 6.30. The summed E-state index contributed by atoms with van der Waals surface area (Å²) in [6.07, 6.45) is 4.68. The van der Waals surface area contributed by atoms with E-state index in [0.717, 1.165) is 42.8 Å². The number of hydrogen-bond donors (Lipinski definition) is 1. The van der Waals surface area contributed by atoms with Gasteiger partial charge in [0.05, 0.1) is 6.61 Å². The van der Waals surface area contributed by atoms with E-state index in [-0.39, 0.29) is 5.41 Å². The van der Waals surface area contributed by atoms with E-state index in [9.17, 15) is 0 Å². The van der Waals surface area contributed by atoms with Crippen LogP contribution in [0.25, 0.3) is 0 Å². The van der Waals surface area contributed by atoms with E-state index < -0.39 is 0 Å². The van der Waals surface area contributed by atoms with Crippen molar-refractivity contribution in [1.82, 2.24) is 5.32 Å². The first kappa shape index (κ1) is 15.2. The molecule has 1 N–H and O–H groups in total. The van der Waals surface area contributed by atoms with Gasteiger partial charge in [0, 0.05) is 24.0 Å². The Morgan fingerprint density at radius 1 is 1.38 bits per heavy atom. The number of hydrogen-bond acceptors (Lipinski definition) is 2. The molecule has 1 aliphatic heterocycles. The Labute approximate surface area is 133 Å². The maximum atomic E-state index is 6.30. The Morgan fingerprint density at radius 3 is 2.81 bits per heavy atom. The van der Waals surface area contributed by atoms with Gasteiger partial charge in [-0.3, -0.25) is 0 Å². The Balaban J connectivity index is 1.82. The zero-order valence-corrected chi connectivity index (χ0v) is 14.1. The number of benzene rings is 1. The second-order valence-corrected chi connectivity index (χ2v) is 7.73. The second kappa shape index (κ2) is 5.81. The number of rotatable bonds is 6. The molecule has 0 amide bonds. The highest BCUT2D eigenvalue weighted by Gasteiger charge is 2.33. The van der Waals surface area contributed by atoms with Crippen LogP contribution in [-0.4, -0.2) is 19.2 Å². The summed E-state index contributed by atoms with van der Waals surface area (Å²) in [4.78, 5) is 0. The summed E-state index contributed by atoms with van der Waals surface area (Å²) in [7, 11) is 0. The smallest absolute Gasteiger partial charge is 0.125 e. The van der Waals surface area contributed by atoms with E-state index in [1.165, 1.54) is 24.0 Å². The number of ether oxygens (including phenoxy) is 1. The maximum absolute atomic E-state index is 6.30. The van der Waals surface area contributed by atoms with Gasteiger partial charge in [0.25, 0.3) is 0 Å². The van der Waals surface area contributed by atoms with Gasteiger partial charge in [-0.2, -0.15) is 0 Å². The molecule has 1 fully saturated rings. The van der Waals surface area contributed by atoms with Crippen LogP contribution in [-0.2, 0) is 12.8 Å². The lowest BCUT2D eigenvalue weighted by Crippen LogP contribution is -2.38. The van der Waals surface area contributed by atoms with Crippen LogP contribution in [0.3, 0.4) is 0 Å². The van der Waals surface area contributed by atoms with Crippen LogP contribution in [0.5, 0.6) is 5.75 Å². The second-order valence-electron chi connectivity index (χ2n) is 7.29. The lowest BCUT2D eigenvalue weighted by Gasteiger charge is -2.35. The summed E-state index contributed by atoms with van der Waals surface area (Å²) in [5.41, 5.74) is 2.79. The van der Waals surface area contributed by atoms with E-state index in [2.05, 4.69) is 38.2 Å². The van der Waals surface area contributed by atoms with E-state index in [1.54, 1.807) is 0 Å². The average Bonchev–Trinajstić information content (AvgIpc) is 3.13. The molecule has 1 aromatic carbocycles. The quantitative estimate of drug-likeness (QED) is 0.849. The van der Waals surface area contributed by atoms with Crippen molar-refractivity contribution in [1.29, 1.82) is 0 Å². The van der Waals surface area contributed by atoms with Crippen molar-refractivity contribution in [2.75, 3.05) is 13.2 Å². The molecular formula is C18H26ClNO. The third-order valence-electron chi connectivity index (χ3n) is 5.19. The standard InChI is InChI=1S/C18H26ClNO/c1-12(2)18(3,11-20-16-4-5-16)10-14-9-15(19)8-13-6-7-21-17(13)14/h8-9,12,16,20H,4-7,10-11H2,1-3H3. The van der Waals surface area contributed by atoms with Gasteiger partial charge in [-0.15, -0.1) is 0 Å². The van der Waals surface area contributed by atoms with Gasteiger partial charge in [-0.25, -0.2) is 0 Å². The minimum atomic E-state index is 0.229. The zero-order valence-electron chi connectivity index (χ0n) is 13.3. The molecule has 2 nitrogen and oxygen atoms in total. The van der Waals surface area contributed by atoms with Crippen molar-refractivity contribution in [2.24, 2.45) is 11.3 Å². The minimum absolute atomic E-state index is 0.229. The van der Waals surface area contributed by atoms with E-state index in [4.69, 9.17) is 16.3 Å². The number of nitrogens with one attached hydrogen (secondary N) is 1. The Kier molecular flexibility index (Phi) is 4.20. The molecule has 116 valence electrons. The van der Waals surface area contributed by atoms with Gasteiger partial charge < -0.3 is 10.1 Å². The first-order chi connectivity index (χ1) is 9.98. The summed E-state index contributed by atoms with van der Waals surface area (Å²) < 4.78 is 5.87. The Bertz CT molecular complexity index is 524. The predicted molar refractivity (Wildman–Crippen MR) is 88.3 cm³/mol. The van der Waals surface area contributed by atoms with E-state index in [0.29, 0.717) is 5.92 Å². The Hall–Kier alpha value is -0.730. The molecule has 2 aliphatic rings. The highest BCUT2D eigenvalue weighted by atomic mass is 35.5. The maximum Gasteiger partial charge on any atom is 0.125 e. The van der Waals surface area contributed by atoms with Gasteiger partial charge >= 0.3 is 0 Å². The topological polar surface area (TPSA) is 21.3 Å². The first-order valence-electron chi connectivity index (χ1n) is 8.15. The molecule has 0 radical (unpaired) electrons. The van der Waals surface area contributed by atoms with Crippen LogP contribution in [0.2, 0.25) is 5.02 Å². The summed E-state index contributed by atoms with van der Waals surface area (Å²) in [6, 6.07) is 4.91. The summed E-state index contributed by atoms with van der Waals surface area (Å²) in [6.45, 7) is 8.88. The van der Waals surface area contributed by atoms with Crippen LogP contribution in [0.4, 0.5) is 0 Å². The molecule has 1 unspecified atom stereocenters. The lowest BCUT2D eigenvalue weighted by molar-refractivity contribution is 0.204. The van der Waals surface area contributed by atoms with Gasteiger partial charge in [0.2, 0.25) is 0 Å². The molecule has 0 saturated heterocycles. The first-order valence-corrected chi connectivity index (χ1v) is 8.53. The fourth-order valence-electron chi connectivity index (χ4n) is 3.05.